The molecule has 6 rings (SSSR count). The summed E-state index contributed by atoms with van der Waals surface area (Å²) in [7, 11) is 0. The number of halogens is 1. The largest absolute Gasteiger partial charge is 0.338 e. The summed E-state index contributed by atoms with van der Waals surface area (Å²) in [5.74, 6) is 0.749. The zero-order valence-electron chi connectivity index (χ0n) is 21.0. The third-order valence-corrected chi connectivity index (χ3v) is 6.99. The maximum Gasteiger partial charge on any atom is 0.224 e. The molecule has 0 unspecified atom stereocenters. The lowest BCUT2D eigenvalue weighted by Crippen LogP contribution is -2.14. The monoisotopic (exact) mass is 520 g/mol. The molecule has 8 heteroatoms. The molecule has 0 aliphatic heterocycles. The molecule has 3 aromatic carbocycles. The number of nitrogens with zero attached hydrogens (tertiary/aromatic N) is 4. The van der Waals surface area contributed by atoms with E-state index in [9.17, 15) is 4.79 Å². The van der Waals surface area contributed by atoms with Crippen LogP contribution < -0.4 is 5.32 Å². The van der Waals surface area contributed by atoms with Crippen molar-refractivity contribution >= 4 is 39.9 Å². The molecule has 0 atom stereocenters. The molecule has 188 valence electrons. The molecule has 38 heavy (non-hydrogen) atoms. The lowest BCUT2D eigenvalue weighted by molar-refractivity contribution is -0.116. The fourth-order valence-corrected chi connectivity index (χ4v) is 4.84. The van der Waals surface area contributed by atoms with Crippen molar-refractivity contribution in [2.45, 2.75) is 26.7 Å². The van der Waals surface area contributed by atoms with Gasteiger partial charge in [-0.1, -0.05) is 35.9 Å². The molecule has 0 bridgehead atoms. The Balaban J connectivity index is 1.14. The highest BCUT2D eigenvalue weighted by Gasteiger charge is 2.15. The summed E-state index contributed by atoms with van der Waals surface area (Å²) < 4.78 is 1.85. The van der Waals surface area contributed by atoms with Crippen molar-refractivity contribution < 1.29 is 4.79 Å². The Bertz CT molecular complexity index is 1750. The van der Waals surface area contributed by atoms with Crippen LogP contribution in [0.3, 0.4) is 0 Å². The maximum atomic E-state index is 12.8. The molecule has 6 aromatic rings. The van der Waals surface area contributed by atoms with Gasteiger partial charge in [-0.3, -0.25) is 4.79 Å². The zero-order chi connectivity index (χ0) is 26.2. The number of anilines is 1. The summed E-state index contributed by atoms with van der Waals surface area (Å²) in [6, 6.07) is 25.2. The van der Waals surface area contributed by atoms with Gasteiger partial charge in [0, 0.05) is 45.7 Å². The summed E-state index contributed by atoms with van der Waals surface area (Å²) >= 11 is 6.03. The normalized spacial score (nSPS) is 11.3. The van der Waals surface area contributed by atoms with E-state index in [2.05, 4.69) is 15.3 Å². The van der Waals surface area contributed by atoms with Crippen LogP contribution in [-0.4, -0.2) is 30.5 Å². The SMILES string of the molecule is Cc1nc2cc(-c3ccc(Cl)cc3)nn2c(C)c1CCC(=O)Nc1ccc(-c2nc3ccccc3[nH]2)cc1. The number of rotatable bonds is 6. The van der Waals surface area contributed by atoms with Gasteiger partial charge in [0.2, 0.25) is 5.91 Å². The standard InChI is InChI=1S/C30H25ClN6O/c1-18-24(19(2)37-28(32-18)17-27(36-37)20-7-11-22(31)12-8-20)15-16-29(38)33-23-13-9-21(10-14-23)30-34-25-5-3-4-6-26(25)35-30/h3-14,17H,15-16H2,1-2H3,(H,33,38)(H,34,35). The van der Waals surface area contributed by atoms with Crippen LogP contribution in [0.4, 0.5) is 5.69 Å². The number of para-hydroxylation sites is 2. The highest BCUT2D eigenvalue weighted by atomic mass is 35.5. The molecule has 0 spiro atoms. The van der Waals surface area contributed by atoms with E-state index in [0.29, 0.717) is 17.9 Å². The number of fused-ring (bicyclic) bond motifs is 2. The Morgan fingerprint density at radius 1 is 0.947 bits per heavy atom. The van der Waals surface area contributed by atoms with E-state index in [1.54, 1.807) is 0 Å². The molecule has 3 heterocycles. The highest BCUT2D eigenvalue weighted by molar-refractivity contribution is 6.30. The van der Waals surface area contributed by atoms with Crippen molar-refractivity contribution in [3.8, 4) is 22.6 Å². The predicted octanol–water partition coefficient (Wildman–Crippen LogP) is 6.78. The van der Waals surface area contributed by atoms with Gasteiger partial charge in [0.05, 0.1) is 16.7 Å². The van der Waals surface area contributed by atoms with E-state index in [1.165, 1.54) is 0 Å². The van der Waals surface area contributed by atoms with E-state index in [-0.39, 0.29) is 5.91 Å². The number of H-pyrrole nitrogens is 1. The minimum atomic E-state index is -0.0531. The van der Waals surface area contributed by atoms with Crippen LogP contribution in [0.5, 0.6) is 0 Å². The van der Waals surface area contributed by atoms with Crippen molar-refractivity contribution in [1.82, 2.24) is 24.6 Å². The van der Waals surface area contributed by atoms with E-state index < -0.39 is 0 Å². The first-order valence-electron chi connectivity index (χ1n) is 12.4. The molecule has 0 fully saturated rings. The van der Waals surface area contributed by atoms with Gasteiger partial charge in [0.15, 0.2) is 5.65 Å². The number of aryl methyl sites for hydroxylation is 2. The van der Waals surface area contributed by atoms with Crippen LogP contribution in [0.1, 0.15) is 23.4 Å². The third kappa shape index (κ3) is 4.64. The third-order valence-electron chi connectivity index (χ3n) is 6.74. The van der Waals surface area contributed by atoms with Gasteiger partial charge in [0.25, 0.3) is 0 Å². The summed E-state index contributed by atoms with van der Waals surface area (Å²) in [5, 5.41) is 8.44. The van der Waals surface area contributed by atoms with E-state index >= 15 is 0 Å². The van der Waals surface area contributed by atoms with E-state index in [0.717, 1.165) is 62.0 Å². The zero-order valence-corrected chi connectivity index (χ0v) is 21.8. The molecule has 0 radical (unpaired) electrons. The fourth-order valence-electron chi connectivity index (χ4n) is 4.71. The average molecular weight is 521 g/mol. The van der Waals surface area contributed by atoms with Crippen LogP contribution in [0, 0.1) is 13.8 Å². The first-order valence-corrected chi connectivity index (χ1v) is 12.8. The van der Waals surface area contributed by atoms with Crippen LogP contribution in [0.25, 0.3) is 39.3 Å². The number of hydrogen-bond acceptors (Lipinski definition) is 4. The maximum absolute atomic E-state index is 12.8. The van der Waals surface area contributed by atoms with Gasteiger partial charge in [0.1, 0.15) is 5.82 Å². The summed E-state index contributed by atoms with van der Waals surface area (Å²) in [4.78, 5) is 25.5. The van der Waals surface area contributed by atoms with Gasteiger partial charge < -0.3 is 10.3 Å². The number of aromatic amines is 1. The number of benzene rings is 3. The quantitative estimate of drug-likeness (QED) is 0.253. The summed E-state index contributed by atoms with van der Waals surface area (Å²) in [6.07, 6.45) is 0.908. The number of carbonyl (C=O) groups is 1. The van der Waals surface area contributed by atoms with Gasteiger partial charge in [-0.15, -0.1) is 0 Å². The minimum Gasteiger partial charge on any atom is -0.338 e. The van der Waals surface area contributed by atoms with Crippen LogP contribution in [0.15, 0.2) is 78.9 Å². The Hall–Kier alpha value is -4.49. The molecule has 0 saturated heterocycles. The highest BCUT2D eigenvalue weighted by Crippen LogP contribution is 2.25. The van der Waals surface area contributed by atoms with Crippen molar-refractivity contribution in [1.29, 1.82) is 0 Å². The van der Waals surface area contributed by atoms with Crippen molar-refractivity contribution in [3.63, 3.8) is 0 Å². The first-order chi connectivity index (χ1) is 18.4. The Morgan fingerprint density at radius 2 is 1.68 bits per heavy atom. The number of imidazole rings is 1. The van der Waals surface area contributed by atoms with Crippen molar-refractivity contribution in [2.24, 2.45) is 0 Å². The van der Waals surface area contributed by atoms with Gasteiger partial charge >= 0.3 is 0 Å². The van der Waals surface area contributed by atoms with Crippen LogP contribution >= 0.6 is 11.6 Å². The van der Waals surface area contributed by atoms with Gasteiger partial charge in [-0.05, 0) is 74.4 Å². The molecule has 3 aromatic heterocycles. The van der Waals surface area contributed by atoms with E-state index in [1.807, 2.05) is 97.2 Å². The molecule has 2 N–H and O–H groups in total. The molecule has 0 aliphatic carbocycles. The number of nitrogens with one attached hydrogen (secondary N) is 2. The Morgan fingerprint density at radius 3 is 2.45 bits per heavy atom. The summed E-state index contributed by atoms with van der Waals surface area (Å²) in [5.41, 5.74) is 9.13. The van der Waals surface area contributed by atoms with Gasteiger partial charge in [-0.25, -0.2) is 14.5 Å². The number of amides is 1. The minimum absolute atomic E-state index is 0.0531. The second-order valence-corrected chi connectivity index (χ2v) is 9.73. The van der Waals surface area contributed by atoms with E-state index in [4.69, 9.17) is 21.7 Å². The smallest absolute Gasteiger partial charge is 0.224 e. The molecule has 0 saturated carbocycles. The number of aromatic nitrogens is 5. The Kier molecular flexibility index (Phi) is 6.13. The fraction of sp³-hybridized carbons (Fsp3) is 0.133. The van der Waals surface area contributed by atoms with Crippen molar-refractivity contribution in [3.05, 3.63) is 101 Å². The predicted molar refractivity (Wildman–Crippen MR) is 151 cm³/mol. The lowest BCUT2D eigenvalue weighted by atomic mass is 10.1. The molecular formula is C30H25ClN6O. The number of carbonyl (C=O) groups excluding carboxylic acids is 1. The van der Waals surface area contributed by atoms with Gasteiger partial charge in [-0.2, -0.15) is 5.10 Å². The second-order valence-electron chi connectivity index (χ2n) is 9.30. The first kappa shape index (κ1) is 23.9. The van der Waals surface area contributed by atoms with Crippen molar-refractivity contribution in [2.75, 3.05) is 5.32 Å². The summed E-state index contributed by atoms with van der Waals surface area (Å²) in [6.45, 7) is 4.00. The lowest BCUT2D eigenvalue weighted by Gasteiger charge is -2.11. The molecular weight excluding hydrogens is 496 g/mol. The second kappa shape index (κ2) is 9.76. The van der Waals surface area contributed by atoms with Crippen LogP contribution in [-0.2, 0) is 11.2 Å². The molecule has 7 nitrogen and oxygen atoms in total. The number of hydrogen-bond donors (Lipinski definition) is 2. The average Bonchev–Trinajstić information content (AvgIpc) is 3.54. The molecule has 1 amide bonds. The molecule has 0 aliphatic rings. The topological polar surface area (TPSA) is 88.0 Å². The Labute approximate surface area is 224 Å². The van der Waals surface area contributed by atoms with Crippen LogP contribution in [0.2, 0.25) is 5.02 Å².